The van der Waals surface area contributed by atoms with Crippen LogP contribution in [0.2, 0.25) is 5.02 Å². The van der Waals surface area contributed by atoms with Crippen LogP contribution in [-0.4, -0.2) is 15.9 Å². The van der Waals surface area contributed by atoms with Crippen LogP contribution in [0.4, 0.5) is 17.1 Å². The summed E-state index contributed by atoms with van der Waals surface area (Å²) in [5.41, 5.74) is 4.84. The Bertz CT molecular complexity index is 1530. The van der Waals surface area contributed by atoms with Crippen LogP contribution in [0.3, 0.4) is 0 Å². The molecule has 0 atom stereocenters. The minimum atomic E-state index is 0.0244. The average Bonchev–Trinajstić information content (AvgIpc) is 2.94. The number of carbonyl (C=O) groups is 1. The first-order valence-corrected chi connectivity index (χ1v) is 13.6. The number of nitrogens with zero attached hydrogens (tertiary/aromatic N) is 3. The number of halogens is 1. The van der Waals surface area contributed by atoms with Gasteiger partial charge in [-0.25, -0.2) is 0 Å². The predicted molar refractivity (Wildman–Crippen MR) is 154 cm³/mol. The number of nitrogens with one attached hydrogen (secondary N) is 2. The maximum absolute atomic E-state index is 12.9. The molecule has 2 heterocycles. The van der Waals surface area contributed by atoms with Crippen LogP contribution >= 0.6 is 11.6 Å². The number of hydrogen-bond donors (Lipinski definition) is 2. The molecule has 0 radical (unpaired) electrons. The van der Waals surface area contributed by atoms with Gasteiger partial charge in [0, 0.05) is 35.6 Å². The highest BCUT2D eigenvalue weighted by Gasteiger charge is 2.19. The van der Waals surface area contributed by atoms with Crippen molar-refractivity contribution in [3.8, 4) is 11.8 Å². The summed E-state index contributed by atoms with van der Waals surface area (Å²) < 4.78 is 5.84. The van der Waals surface area contributed by atoms with E-state index in [9.17, 15) is 10.1 Å². The number of rotatable bonds is 8. The second kappa shape index (κ2) is 12.1. The number of benzene rings is 2. The van der Waals surface area contributed by atoms with Gasteiger partial charge >= 0.3 is 0 Å². The number of anilines is 3. The van der Waals surface area contributed by atoms with Gasteiger partial charge in [0.05, 0.1) is 27.5 Å². The van der Waals surface area contributed by atoms with Crippen molar-refractivity contribution in [1.82, 2.24) is 9.97 Å². The van der Waals surface area contributed by atoms with E-state index in [0.29, 0.717) is 46.7 Å². The van der Waals surface area contributed by atoms with E-state index in [1.807, 2.05) is 43.3 Å². The SMILES string of the molecule is Cc1cc2ncc(C#N)c(Nc3ccc(OCc4ccccn4)c(Cl)c3)c2cc1NC(=O)CC1CCCCC1. The molecule has 2 N–H and O–H groups in total. The summed E-state index contributed by atoms with van der Waals surface area (Å²) in [6, 6.07) is 17.1. The number of carbonyl (C=O) groups excluding carboxylic acids is 1. The van der Waals surface area contributed by atoms with E-state index in [0.717, 1.165) is 40.7 Å². The third-order valence-corrected chi connectivity index (χ3v) is 7.41. The molecule has 0 saturated heterocycles. The van der Waals surface area contributed by atoms with E-state index in [1.54, 1.807) is 24.5 Å². The quantitative estimate of drug-likeness (QED) is 0.238. The van der Waals surface area contributed by atoms with Gasteiger partial charge in [0.25, 0.3) is 0 Å². The van der Waals surface area contributed by atoms with Gasteiger partial charge in [-0.15, -0.1) is 0 Å². The zero-order valence-electron chi connectivity index (χ0n) is 21.8. The molecule has 1 aliphatic carbocycles. The van der Waals surface area contributed by atoms with Crippen molar-refractivity contribution in [2.45, 2.75) is 52.1 Å². The summed E-state index contributed by atoms with van der Waals surface area (Å²) >= 11 is 6.53. The zero-order chi connectivity index (χ0) is 27.2. The van der Waals surface area contributed by atoms with Crippen molar-refractivity contribution < 1.29 is 9.53 Å². The molecule has 5 rings (SSSR count). The molecule has 8 heteroatoms. The van der Waals surface area contributed by atoms with E-state index in [2.05, 4.69) is 26.7 Å². The number of nitriles is 1. The van der Waals surface area contributed by atoms with Gasteiger partial charge in [-0.1, -0.05) is 36.9 Å². The highest BCUT2D eigenvalue weighted by molar-refractivity contribution is 6.32. The molecule has 2 aromatic carbocycles. The molecule has 0 bridgehead atoms. The normalized spacial score (nSPS) is 13.6. The van der Waals surface area contributed by atoms with Crippen LogP contribution in [-0.2, 0) is 11.4 Å². The first-order valence-electron chi connectivity index (χ1n) is 13.2. The fourth-order valence-corrected chi connectivity index (χ4v) is 5.26. The number of aromatic nitrogens is 2. The standard InChI is InChI=1S/C31H30ClN5O2/c1-20-13-28-25(16-27(20)37-30(38)14-21-7-3-2-4-8-21)31(22(17-33)18-35-28)36-23-10-11-29(26(32)15-23)39-19-24-9-5-6-12-34-24/h5-6,9-13,15-16,18,21H,2-4,7-8,14,19H2,1H3,(H,35,36)(H,37,38). The monoisotopic (exact) mass is 539 g/mol. The fraction of sp³-hybridized carbons (Fsp3) is 0.290. The summed E-state index contributed by atoms with van der Waals surface area (Å²) in [4.78, 5) is 21.6. The Hall–Kier alpha value is -4.15. The molecular weight excluding hydrogens is 510 g/mol. The van der Waals surface area contributed by atoms with E-state index in [1.165, 1.54) is 19.3 Å². The summed E-state index contributed by atoms with van der Waals surface area (Å²) in [5.74, 6) is 1.01. The minimum absolute atomic E-state index is 0.0244. The Balaban J connectivity index is 1.38. The van der Waals surface area contributed by atoms with Crippen molar-refractivity contribution in [1.29, 1.82) is 5.26 Å². The van der Waals surface area contributed by atoms with Crippen molar-refractivity contribution in [2.75, 3.05) is 10.6 Å². The molecule has 0 spiro atoms. The Morgan fingerprint density at radius 2 is 1.97 bits per heavy atom. The smallest absolute Gasteiger partial charge is 0.224 e. The fourth-order valence-electron chi connectivity index (χ4n) is 5.03. The topological polar surface area (TPSA) is 99.9 Å². The molecule has 1 fully saturated rings. The Kier molecular flexibility index (Phi) is 8.24. The second-order valence-electron chi connectivity index (χ2n) is 9.98. The lowest BCUT2D eigenvalue weighted by atomic mass is 9.87. The molecule has 0 aliphatic heterocycles. The van der Waals surface area contributed by atoms with Crippen LogP contribution in [0, 0.1) is 24.2 Å². The van der Waals surface area contributed by atoms with Crippen molar-refractivity contribution in [3.63, 3.8) is 0 Å². The van der Waals surface area contributed by atoms with Crippen molar-refractivity contribution >= 4 is 45.5 Å². The largest absolute Gasteiger partial charge is 0.486 e. The number of hydrogen-bond acceptors (Lipinski definition) is 6. The van der Waals surface area contributed by atoms with Gasteiger partial charge in [-0.3, -0.25) is 14.8 Å². The Labute approximate surface area is 233 Å². The number of fused-ring (bicyclic) bond motifs is 1. The Morgan fingerprint density at radius 3 is 2.72 bits per heavy atom. The van der Waals surface area contributed by atoms with Crippen LogP contribution in [0.1, 0.15) is 55.3 Å². The van der Waals surface area contributed by atoms with Gasteiger partial charge in [0.15, 0.2) is 0 Å². The van der Waals surface area contributed by atoms with Gasteiger partial charge in [0.1, 0.15) is 18.4 Å². The van der Waals surface area contributed by atoms with Crippen LogP contribution in [0.15, 0.2) is 60.9 Å². The molecule has 7 nitrogen and oxygen atoms in total. The molecule has 1 saturated carbocycles. The number of ether oxygens (including phenoxy) is 1. The Morgan fingerprint density at radius 1 is 1.13 bits per heavy atom. The van der Waals surface area contributed by atoms with E-state index < -0.39 is 0 Å². The van der Waals surface area contributed by atoms with Gasteiger partial charge in [0.2, 0.25) is 5.91 Å². The molecule has 1 aliphatic rings. The van der Waals surface area contributed by atoms with Crippen LogP contribution < -0.4 is 15.4 Å². The summed E-state index contributed by atoms with van der Waals surface area (Å²) in [7, 11) is 0. The van der Waals surface area contributed by atoms with Crippen LogP contribution in [0.5, 0.6) is 5.75 Å². The zero-order valence-corrected chi connectivity index (χ0v) is 22.6. The second-order valence-corrected chi connectivity index (χ2v) is 10.4. The number of pyridine rings is 2. The summed E-state index contributed by atoms with van der Waals surface area (Å²) in [6.45, 7) is 2.25. The molecule has 198 valence electrons. The highest BCUT2D eigenvalue weighted by atomic mass is 35.5. The maximum atomic E-state index is 12.9. The lowest BCUT2D eigenvalue weighted by Crippen LogP contribution is -2.18. The molecule has 1 amide bonds. The van der Waals surface area contributed by atoms with Crippen molar-refractivity contribution in [2.24, 2.45) is 5.92 Å². The average molecular weight is 540 g/mol. The highest BCUT2D eigenvalue weighted by Crippen LogP contribution is 2.35. The lowest BCUT2D eigenvalue weighted by molar-refractivity contribution is -0.117. The molecule has 0 unspecified atom stereocenters. The molecular formula is C31H30ClN5O2. The van der Waals surface area contributed by atoms with E-state index in [-0.39, 0.29) is 5.91 Å². The minimum Gasteiger partial charge on any atom is -0.486 e. The van der Waals surface area contributed by atoms with Gasteiger partial charge in [-0.05, 0) is 73.7 Å². The van der Waals surface area contributed by atoms with E-state index in [4.69, 9.17) is 16.3 Å². The van der Waals surface area contributed by atoms with Gasteiger partial charge < -0.3 is 15.4 Å². The summed E-state index contributed by atoms with van der Waals surface area (Å²) in [5, 5.41) is 17.4. The summed E-state index contributed by atoms with van der Waals surface area (Å²) in [6.07, 6.45) is 9.69. The first-order chi connectivity index (χ1) is 19.0. The van der Waals surface area contributed by atoms with Gasteiger partial charge in [-0.2, -0.15) is 5.26 Å². The number of amides is 1. The molecule has 2 aromatic heterocycles. The molecule has 39 heavy (non-hydrogen) atoms. The van der Waals surface area contributed by atoms with Crippen molar-refractivity contribution in [3.05, 3.63) is 82.8 Å². The number of aryl methyl sites for hydroxylation is 1. The van der Waals surface area contributed by atoms with E-state index >= 15 is 0 Å². The predicted octanol–water partition coefficient (Wildman–Crippen LogP) is 7.69. The first kappa shape index (κ1) is 26.5. The molecule has 4 aromatic rings. The maximum Gasteiger partial charge on any atom is 0.224 e. The third kappa shape index (κ3) is 6.47. The third-order valence-electron chi connectivity index (χ3n) is 7.11. The van der Waals surface area contributed by atoms with Crippen LogP contribution in [0.25, 0.3) is 10.9 Å². The lowest BCUT2D eigenvalue weighted by Gasteiger charge is -2.21.